The third-order valence-electron chi connectivity index (χ3n) is 2.85. The highest BCUT2D eigenvalue weighted by atomic mass is 35.5. The van der Waals surface area contributed by atoms with Crippen LogP contribution in [0.15, 0.2) is 24.7 Å². The Hall–Kier alpha value is -1.88. The molecule has 102 valence electrons. The summed E-state index contributed by atoms with van der Waals surface area (Å²) in [6, 6.07) is 3.55. The Labute approximate surface area is 117 Å². The van der Waals surface area contributed by atoms with E-state index in [0.717, 1.165) is 11.4 Å². The Morgan fingerprint density at radius 2 is 2.00 bits per heavy atom. The van der Waals surface area contributed by atoms with Crippen molar-refractivity contribution < 1.29 is 9.47 Å². The second kappa shape index (κ2) is 5.84. The first kappa shape index (κ1) is 13.5. The Morgan fingerprint density at radius 1 is 1.26 bits per heavy atom. The quantitative estimate of drug-likeness (QED) is 0.915. The van der Waals surface area contributed by atoms with E-state index >= 15 is 0 Å². The number of imidazole rings is 1. The largest absolute Gasteiger partial charge is 0.495 e. The van der Waals surface area contributed by atoms with Crippen molar-refractivity contribution in [1.82, 2.24) is 9.55 Å². The lowest BCUT2D eigenvalue weighted by Gasteiger charge is -2.14. The van der Waals surface area contributed by atoms with Gasteiger partial charge in [-0.15, -0.1) is 0 Å². The second-order valence-electron chi connectivity index (χ2n) is 4.04. The van der Waals surface area contributed by atoms with E-state index in [-0.39, 0.29) is 0 Å². The summed E-state index contributed by atoms with van der Waals surface area (Å²) in [6.07, 6.45) is 3.57. The van der Waals surface area contributed by atoms with Crippen molar-refractivity contribution in [2.75, 3.05) is 19.5 Å². The zero-order valence-electron chi connectivity index (χ0n) is 11.1. The van der Waals surface area contributed by atoms with E-state index in [1.165, 1.54) is 0 Å². The van der Waals surface area contributed by atoms with E-state index < -0.39 is 0 Å². The fraction of sp³-hybridized carbons (Fsp3) is 0.308. The highest BCUT2D eigenvalue weighted by Gasteiger charge is 2.10. The Morgan fingerprint density at radius 3 is 2.58 bits per heavy atom. The minimum Gasteiger partial charge on any atom is -0.495 e. The van der Waals surface area contributed by atoms with Crippen LogP contribution in [0.5, 0.6) is 11.5 Å². The lowest BCUT2D eigenvalue weighted by molar-refractivity contribution is 0.404. The SMILES string of the molecule is COc1cc(NCc2cncn2C)c(OC)cc1Cl. The Balaban J connectivity index is 2.21. The van der Waals surface area contributed by atoms with Gasteiger partial charge in [0.1, 0.15) is 11.5 Å². The first-order valence-electron chi connectivity index (χ1n) is 5.76. The second-order valence-corrected chi connectivity index (χ2v) is 4.44. The van der Waals surface area contributed by atoms with E-state index in [2.05, 4.69) is 10.3 Å². The molecule has 0 saturated heterocycles. The van der Waals surface area contributed by atoms with Gasteiger partial charge in [-0.2, -0.15) is 0 Å². The molecular weight excluding hydrogens is 266 g/mol. The molecule has 19 heavy (non-hydrogen) atoms. The molecule has 0 unspecified atom stereocenters. The first-order valence-corrected chi connectivity index (χ1v) is 6.14. The van der Waals surface area contributed by atoms with E-state index in [0.29, 0.717) is 23.1 Å². The van der Waals surface area contributed by atoms with Gasteiger partial charge < -0.3 is 19.4 Å². The zero-order chi connectivity index (χ0) is 13.8. The molecule has 5 nitrogen and oxygen atoms in total. The van der Waals surface area contributed by atoms with Crippen LogP contribution < -0.4 is 14.8 Å². The molecule has 1 aromatic heterocycles. The van der Waals surface area contributed by atoms with Crippen molar-refractivity contribution in [3.05, 3.63) is 35.4 Å². The number of hydrogen-bond acceptors (Lipinski definition) is 4. The monoisotopic (exact) mass is 281 g/mol. The molecule has 0 aliphatic heterocycles. The summed E-state index contributed by atoms with van der Waals surface area (Å²) in [6.45, 7) is 0.637. The Bertz CT molecular complexity index is 569. The number of ether oxygens (including phenoxy) is 2. The molecule has 2 rings (SSSR count). The van der Waals surface area contributed by atoms with Crippen LogP contribution in [0.1, 0.15) is 5.69 Å². The smallest absolute Gasteiger partial charge is 0.143 e. The van der Waals surface area contributed by atoms with Crippen LogP contribution in [0.2, 0.25) is 5.02 Å². The van der Waals surface area contributed by atoms with Crippen LogP contribution in [-0.4, -0.2) is 23.8 Å². The highest BCUT2D eigenvalue weighted by Crippen LogP contribution is 2.35. The van der Waals surface area contributed by atoms with Gasteiger partial charge in [-0.05, 0) is 0 Å². The van der Waals surface area contributed by atoms with Crippen LogP contribution in [-0.2, 0) is 13.6 Å². The van der Waals surface area contributed by atoms with E-state index in [9.17, 15) is 0 Å². The summed E-state index contributed by atoms with van der Waals surface area (Å²) in [5.74, 6) is 1.28. The fourth-order valence-electron chi connectivity index (χ4n) is 1.74. The summed E-state index contributed by atoms with van der Waals surface area (Å²) in [4.78, 5) is 4.07. The molecule has 1 heterocycles. The molecule has 0 saturated carbocycles. The molecule has 0 fully saturated rings. The summed E-state index contributed by atoms with van der Waals surface area (Å²) >= 11 is 6.06. The van der Waals surface area contributed by atoms with Gasteiger partial charge in [-0.25, -0.2) is 4.98 Å². The maximum absolute atomic E-state index is 6.06. The van der Waals surface area contributed by atoms with E-state index in [1.54, 1.807) is 26.6 Å². The van der Waals surface area contributed by atoms with Gasteiger partial charge in [0.05, 0.1) is 43.5 Å². The van der Waals surface area contributed by atoms with Crippen molar-refractivity contribution >= 4 is 17.3 Å². The highest BCUT2D eigenvalue weighted by molar-refractivity contribution is 6.32. The molecule has 0 radical (unpaired) electrons. The van der Waals surface area contributed by atoms with Crippen LogP contribution in [0.4, 0.5) is 5.69 Å². The molecule has 6 heteroatoms. The number of halogens is 1. The number of methoxy groups -OCH3 is 2. The molecule has 2 aromatic rings. The average Bonchev–Trinajstić information content (AvgIpc) is 2.82. The molecule has 0 bridgehead atoms. The maximum atomic E-state index is 6.06. The zero-order valence-corrected chi connectivity index (χ0v) is 11.9. The molecule has 0 aliphatic rings. The number of nitrogens with one attached hydrogen (secondary N) is 1. The molecule has 1 N–H and O–H groups in total. The van der Waals surface area contributed by atoms with Crippen molar-refractivity contribution in [2.45, 2.75) is 6.54 Å². The molecule has 0 amide bonds. The van der Waals surface area contributed by atoms with Gasteiger partial charge >= 0.3 is 0 Å². The van der Waals surface area contributed by atoms with Crippen LogP contribution in [0.3, 0.4) is 0 Å². The van der Waals surface area contributed by atoms with Gasteiger partial charge in [0.25, 0.3) is 0 Å². The minimum atomic E-state index is 0.519. The molecule has 1 aromatic carbocycles. The number of aryl methyl sites for hydroxylation is 1. The lowest BCUT2D eigenvalue weighted by atomic mass is 10.2. The predicted octanol–water partition coefficient (Wildman–Crippen LogP) is 2.70. The van der Waals surface area contributed by atoms with Crippen molar-refractivity contribution in [2.24, 2.45) is 7.05 Å². The van der Waals surface area contributed by atoms with Crippen molar-refractivity contribution in [3.63, 3.8) is 0 Å². The summed E-state index contributed by atoms with van der Waals surface area (Å²) in [5.41, 5.74) is 1.89. The standard InChI is InChI=1S/C13H16ClN3O2/c1-17-8-15-6-9(17)7-16-11-5-12(18-2)10(14)4-13(11)19-3/h4-6,8,16H,7H2,1-3H3. The number of anilines is 1. The van der Waals surface area contributed by atoms with Gasteiger partial charge in [0.15, 0.2) is 0 Å². The summed E-state index contributed by atoms with van der Waals surface area (Å²) < 4.78 is 12.5. The first-order chi connectivity index (χ1) is 9.15. The van der Waals surface area contributed by atoms with Crippen LogP contribution in [0.25, 0.3) is 0 Å². The predicted molar refractivity (Wildman–Crippen MR) is 75.1 cm³/mol. The number of rotatable bonds is 5. The topological polar surface area (TPSA) is 48.3 Å². The molecule has 0 aliphatic carbocycles. The van der Waals surface area contributed by atoms with E-state index in [4.69, 9.17) is 21.1 Å². The maximum Gasteiger partial charge on any atom is 0.143 e. The van der Waals surface area contributed by atoms with E-state index in [1.807, 2.05) is 23.9 Å². The average molecular weight is 282 g/mol. The third-order valence-corrected chi connectivity index (χ3v) is 3.15. The number of aromatic nitrogens is 2. The number of benzene rings is 1. The number of nitrogens with zero attached hydrogens (tertiary/aromatic N) is 2. The lowest BCUT2D eigenvalue weighted by Crippen LogP contribution is -2.05. The van der Waals surface area contributed by atoms with Gasteiger partial charge in [0.2, 0.25) is 0 Å². The van der Waals surface area contributed by atoms with Crippen molar-refractivity contribution in [3.8, 4) is 11.5 Å². The van der Waals surface area contributed by atoms with Gasteiger partial charge in [-0.3, -0.25) is 0 Å². The normalized spacial score (nSPS) is 10.3. The van der Waals surface area contributed by atoms with Crippen LogP contribution in [0, 0.1) is 0 Å². The van der Waals surface area contributed by atoms with Gasteiger partial charge in [-0.1, -0.05) is 11.6 Å². The van der Waals surface area contributed by atoms with Crippen LogP contribution >= 0.6 is 11.6 Å². The minimum absolute atomic E-state index is 0.519. The molecule has 0 spiro atoms. The third kappa shape index (κ3) is 2.93. The molecule has 0 atom stereocenters. The summed E-state index contributed by atoms with van der Waals surface area (Å²) in [7, 11) is 5.13. The van der Waals surface area contributed by atoms with Crippen molar-refractivity contribution in [1.29, 1.82) is 0 Å². The Kier molecular flexibility index (Phi) is 4.16. The molecular formula is C13H16ClN3O2. The summed E-state index contributed by atoms with van der Waals surface area (Å²) in [5, 5.41) is 3.80. The number of hydrogen-bond donors (Lipinski definition) is 1. The van der Waals surface area contributed by atoms with Gasteiger partial charge in [0, 0.05) is 25.4 Å². The fourth-order valence-corrected chi connectivity index (χ4v) is 1.97.